The van der Waals surface area contributed by atoms with Gasteiger partial charge in [-0.25, -0.2) is 0 Å². The first-order valence-corrected chi connectivity index (χ1v) is 15.9. The molecule has 222 valence electrons. The molecule has 4 nitrogen and oxygen atoms in total. The van der Waals surface area contributed by atoms with E-state index in [1.165, 1.54) is 21.8 Å². The van der Waals surface area contributed by atoms with Crippen molar-refractivity contribution in [2.24, 2.45) is 0 Å². The van der Waals surface area contributed by atoms with E-state index in [2.05, 4.69) is 124 Å². The van der Waals surface area contributed by atoms with Gasteiger partial charge in [0.15, 0.2) is 0 Å². The third kappa shape index (κ3) is 4.07. The van der Waals surface area contributed by atoms with Crippen molar-refractivity contribution >= 4 is 43.6 Å². The second-order valence-electron chi connectivity index (χ2n) is 12.0. The molecule has 0 N–H and O–H groups in total. The summed E-state index contributed by atoms with van der Waals surface area (Å²) >= 11 is 0. The predicted octanol–water partition coefficient (Wildman–Crippen LogP) is 11.0. The molecule has 0 fully saturated rings. The van der Waals surface area contributed by atoms with Crippen LogP contribution in [-0.2, 0) is 0 Å². The summed E-state index contributed by atoms with van der Waals surface area (Å²) in [7, 11) is 0. The van der Waals surface area contributed by atoms with Crippen LogP contribution in [0.15, 0.2) is 158 Å². The molecule has 0 aliphatic rings. The van der Waals surface area contributed by atoms with Gasteiger partial charge in [0, 0.05) is 27.1 Å². The second-order valence-corrected chi connectivity index (χ2v) is 12.0. The molecule has 0 spiro atoms. The van der Waals surface area contributed by atoms with Gasteiger partial charge in [0.05, 0.1) is 50.6 Å². The van der Waals surface area contributed by atoms with Crippen molar-refractivity contribution in [1.29, 1.82) is 10.5 Å². The van der Waals surface area contributed by atoms with E-state index in [-0.39, 0.29) is 0 Å². The summed E-state index contributed by atoms with van der Waals surface area (Å²) in [5.74, 6) is 0. The Hall–Kier alpha value is -6.88. The molecule has 2 heterocycles. The quantitative estimate of drug-likeness (QED) is 0.199. The minimum absolute atomic E-state index is 0.570. The fourth-order valence-electron chi connectivity index (χ4n) is 7.30. The standard InChI is InChI=1S/C44H26N4/c45-27-32-25-24-31(26-43(32)48-41-18-8-4-14-37(41)44-33(28-46)10-9-19-42(44)48)29-20-22-30(23-21-29)34-11-1-5-15-38(34)47-39-16-6-2-12-35(39)36-13-3-7-17-40(36)47/h1-26H. The van der Waals surface area contributed by atoms with Gasteiger partial charge in [-0.1, -0.05) is 109 Å². The van der Waals surface area contributed by atoms with Crippen LogP contribution >= 0.6 is 0 Å². The summed E-state index contributed by atoms with van der Waals surface area (Å²) in [6.07, 6.45) is 0. The maximum atomic E-state index is 10.2. The van der Waals surface area contributed by atoms with Crippen molar-refractivity contribution < 1.29 is 0 Å². The van der Waals surface area contributed by atoms with Gasteiger partial charge >= 0.3 is 0 Å². The van der Waals surface area contributed by atoms with Crippen molar-refractivity contribution in [2.75, 3.05) is 0 Å². The fraction of sp³-hybridized carbons (Fsp3) is 0. The number of hydrogen-bond donors (Lipinski definition) is 0. The maximum absolute atomic E-state index is 10.2. The van der Waals surface area contributed by atoms with Gasteiger partial charge in [0.1, 0.15) is 6.07 Å². The highest BCUT2D eigenvalue weighted by molar-refractivity contribution is 6.12. The molecule has 0 amide bonds. The third-order valence-electron chi connectivity index (χ3n) is 9.43. The Morgan fingerprint density at radius 1 is 0.375 bits per heavy atom. The highest BCUT2D eigenvalue weighted by Gasteiger charge is 2.18. The van der Waals surface area contributed by atoms with Crippen LogP contribution in [0.3, 0.4) is 0 Å². The first-order valence-electron chi connectivity index (χ1n) is 15.9. The molecule has 7 aromatic carbocycles. The molecule has 0 unspecified atom stereocenters. The van der Waals surface area contributed by atoms with E-state index in [0.29, 0.717) is 11.1 Å². The molecule has 9 aromatic rings. The zero-order valence-electron chi connectivity index (χ0n) is 25.8. The molecule has 0 radical (unpaired) electrons. The normalized spacial score (nSPS) is 11.3. The van der Waals surface area contributed by atoms with Crippen molar-refractivity contribution in [3.63, 3.8) is 0 Å². The van der Waals surface area contributed by atoms with E-state index in [0.717, 1.165) is 55.4 Å². The summed E-state index contributed by atoms with van der Waals surface area (Å²) in [5.41, 5.74) is 11.7. The van der Waals surface area contributed by atoms with Gasteiger partial charge in [0.2, 0.25) is 0 Å². The Morgan fingerprint density at radius 2 is 0.896 bits per heavy atom. The number of aromatic nitrogens is 2. The van der Waals surface area contributed by atoms with Gasteiger partial charge in [-0.3, -0.25) is 0 Å². The summed E-state index contributed by atoms with van der Waals surface area (Å²) < 4.78 is 4.48. The van der Waals surface area contributed by atoms with E-state index in [1.807, 2.05) is 54.6 Å². The van der Waals surface area contributed by atoms with Crippen molar-refractivity contribution in [1.82, 2.24) is 9.13 Å². The number of para-hydroxylation sites is 4. The van der Waals surface area contributed by atoms with Crippen LogP contribution < -0.4 is 0 Å². The predicted molar refractivity (Wildman–Crippen MR) is 195 cm³/mol. The zero-order valence-corrected chi connectivity index (χ0v) is 25.8. The molecule has 48 heavy (non-hydrogen) atoms. The summed E-state index contributed by atoms with van der Waals surface area (Å²) in [6, 6.07) is 59.0. The number of fused-ring (bicyclic) bond motifs is 6. The molecule has 0 saturated heterocycles. The van der Waals surface area contributed by atoms with Crippen LogP contribution in [0.1, 0.15) is 11.1 Å². The number of hydrogen-bond acceptors (Lipinski definition) is 2. The summed E-state index contributed by atoms with van der Waals surface area (Å²) in [4.78, 5) is 0. The molecule has 0 saturated carbocycles. The lowest BCUT2D eigenvalue weighted by atomic mass is 9.98. The molecule has 0 bridgehead atoms. The van der Waals surface area contributed by atoms with E-state index in [9.17, 15) is 10.5 Å². The van der Waals surface area contributed by atoms with Gasteiger partial charge in [-0.05, 0) is 65.2 Å². The first-order chi connectivity index (χ1) is 23.7. The zero-order chi connectivity index (χ0) is 32.2. The minimum atomic E-state index is 0.570. The summed E-state index contributed by atoms with van der Waals surface area (Å²) in [5, 5.41) is 24.5. The average Bonchev–Trinajstić information content (AvgIpc) is 3.68. The Balaban J connectivity index is 1.18. The number of nitrogens with zero attached hydrogens (tertiary/aromatic N) is 4. The van der Waals surface area contributed by atoms with Gasteiger partial charge < -0.3 is 9.13 Å². The Morgan fingerprint density at radius 3 is 1.58 bits per heavy atom. The van der Waals surface area contributed by atoms with E-state index >= 15 is 0 Å². The van der Waals surface area contributed by atoms with E-state index in [4.69, 9.17) is 0 Å². The highest BCUT2D eigenvalue weighted by Crippen LogP contribution is 2.38. The van der Waals surface area contributed by atoms with Crippen LogP contribution in [0.5, 0.6) is 0 Å². The van der Waals surface area contributed by atoms with Crippen LogP contribution in [-0.4, -0.2) is 9.13 Å². The molecule has 2 aromatic heterocycles. The lowest BCUT2D eigenvalue weighted by Gasteiger charge is -2.15. The molecular weight excluding hydrogens is 585 g/mol. The highest BCUT2D eigenvalue weighted by atomic mass is 15.0. The topological polar surface area (TPSA) is 57.4 Å². The molecule has 4 heteroatoms. The number of rotatable bonds is 4. The Kier molecular flexibility index (Phi) is 6.22. The lowest BCUT2D eigenvalue weighted by Crippen LogP contribution is -1.98. The van der Waals surface area contributed by atoms with Gasteiger partial charge in [-0.15, -0.1) is 0 Å². The third-order valence-corrected chi connectivity index (χ3v) is 9.43. The van der Waals surface area contributed by atoms with Crippen LogP contribution in [0, 0.1) is 22.7 Å². The number of nitriles is 2. The molecule has 0 atom stereocenters. The SMILES string of the molecule is N#Cc1ccc(-c2ccc(-c3ccccc3-n3c4ccccc4c4ccccc43)cc2)cc1-n1c2ccccc2c2c(C#N)cccc21. The largest absolute Gasteiger partial charge is 0.309 e. The Bertz CT molecular complexity index is 2750. The monoisotopic (exact) mass is 610 g/mol. The van der Waals surface area contributed by atoms with Gasteiger partial charge in [0.25, 0.3) is 0 Å². The number of benzene rings is 7. The van der Waals surface area contributed by atoms with Crippen LogP contribution in [0.4, 0.5) is 0 Å². The minimum Gasteiger partial charge on any atom is -0.309 e. The summed E-state index contributed by atoms with van der Waals surface area (Å²) in [6.45, 7) is 0. The first kappa shape index (κ1) is 27.4. The molecule has 9 rings (SSSR count). The molecule has 0 aliphatic heterocycles. The molecular formula is C44H26N4. The fourth-order valence-corrected chi connectivity index (χ4v) is 7.30. The smallest absolute Gasteiger partial charge is 0.101 e. The van der Waals surface area contributed by atoms with E-state index < -0.39 is 0 Å². The van der Waals surface area contributed by atoms with Crippen molar-refractivity contribution in [3.8, 4) is 45.8 Å². The van der Waals surface area contributed by atoms with Crippen molar-refractivity contribution in [3.05, 3.63) is 169 Å². The average molecular weight is 611 g/mol. The molecule has 0 aliphatic carbocycles. The maximum Gasteiger partial charge on any atom is 0.101 e. The van der Waals surface area contributed by atoms with Crippen molar-refractivity contribution in [2.45, 2.75) is 0 Å². The van der Waals surface area contributed by atoms with Gasteiger partial charge in [-0.2, -0.15) is 10.5 Å². The Labute approximate surface area is 277 Å². The second kappa shape index (κ2) is 10.9. The van der Waals surface area contributed by atoms with Crippen LogP contribution in [0.2, 0.25) is 0 Å². The van der Waals surface area contributed by atoms with E-state index in [1.54, 1.807) is 0 Å². The van der Waals surface area contributed by atoms with Crippen LogP contribution in [0.25, 0.3) is 77.2 Å². The lowest BCUT2D eigenvalue weighted by molar-refractivity contribution is 1.17.